The molecule has 0 N–H and O–H groups in total. The fourth-order valence-corrected chi connectivity index (χ4v) is 5.85. The third kappa shape index (κ3) is 3.04. The third-order valence-electron chi connectivity index (χ3n) is 7.48. The number of aromatic nitrogens is 2. The van der Waals surface area contributed by atoms with Crippen molar-refractivity contribution in [1.82, 2.24) is 9.13 Å². The summed E-state index contributed by atoms with van der Waals surface area (Å²) in [7, 11) is 0. The number of fused-ring (bicyclic) bond motifs is 6. The Morgan fingerprint density at radius 1 is 0.361 bits per heavy atom. The van der Waals surface area contributed by atoms with Gasteiger partial charge in [0.05, 0.1) is 22.1 Å². The lowest BCUT2D eigenvalue weighted by molar-refractivity contribution is 1.16. The highest BCUT2D eigenvalue weighted by Crippen LogP contribution is 2.40. The van der Waals surface area contributed by atoms with Crippen molar-refractivity contribution in [3.63, 3.8) is 0 Å². The van der Waals surface area contributed by atoms with Gasteiger partial charge in [0, 0.05) is 32.9 Å². The first-order valence-corrected chi connectivity index (χ1v) is 12.6. The van der Waals surface area contributed by atoms with E-state index >= 15 is 0 Å². The van der Waals surface area contributed by atoms with Crippen LogP contribution in [0.3, 0.4) is 0 Å². The van der Waals surface area contributed by atoms with Gasteiger partial charge in [-0.15, -0.1) is 0 Å². The van der Waals surface area contributed by atoms with Crippen LogP contribution in [0.1, 0.15) is 22.3 Å². The fraction of sp³-hybridized carbons (Fsp3) is 0.118. The van der Waals surface area contributed by atoms with Gasteiger partial charge < -0.3 is 9.13 Å². The maximum atomic E-state index is 2.43. The summed E-state index contributed by atoms with van der Waals surface area (Å²) in [5.41, 5.74) is 12.5. The minimum absolute atomic E-state index is 1.21. The highest BCUT2D eigenvalue weighted by Gasteiger charge is 2.18. The molecule has 7 rings (SSSR count). The van der Waals surface area contributed by atoms with E-state index in [1.54, 1.807) is 0 Å². The Hall–Kier alpha value is -4.30. The molecule has 0 aliphatic carbocycles. The predicted molar refractivity (Wildman–Crippen MR) is 154 cm³/mol. The van der Waals surface area contributed by atoms with Crippen LogP contribution >= 0.6 is 0 Å². The zero-order valence-electron chi connectivity index (χ0n) is 21.1. The summed E-state index contributed by atoms with van der Waals surface area (Å²) in [6.45, 7) is 8.69. The van der Waals surface area contributed by atoms with Crippen molar-refractivity contribution in [1.29, 1.82) is 0 Å². The number of nitrogens with zero attached hydrogens (tertiary/aromatic N) is 2. The summed E-state index contributed by atoms with van der Waals surface area (Å²) in [6.07, 6.45) is 0. The van der Waals surface area contributed by atoms with Crippen molar-refractivity contribution in [2.45, 2.75) is 27.7 Å². The molecule has 0 atom stereocenters. The molecule has 0 aliphatic heterocycles. The van der Waals surface area contributed by atoms with Crippen molar-refractivity contribution in [3.05, 3.63) is 119 Å². The molecule has 0 unspecified atom stereocenters. The van der Waals surface area contributed by atoms with E-state index in [-0.39, 0.29) is 0 Å². The van der Waals surface area contributed by atoms with Crippen LogP contribution in [0.2, 0.25) is 0 Å². The Labute approximate surface area is 211 Å². The minimum Gasteiger partial charge on any atom is -0.309 e. The SMILES string of the molecule is Cc1cccc(-n2c3ccc(C)cc3c3cc4c(cc32)c2cc(C)ccc2n4-c2cccc(C)c2)c1. The molecular formula is C34H28N2. The van der Waals surface area contributed by atoms with E-state index in [1.165, 1.54) is 77.2 Å². The smallest absolute Gasteiger partial charge is 0.0548 e. The van der Waals surface area contributed by atoms with Gasteiger partial charge in [-0.1, -0.05) is 47.5 Å². The van der Waals surface area contributed by atoms with Crippen molar-refractivity contribution >= 4 is 43.6 Å². The van der Waals surface area contributed by atoms with Crippen molar-refractivity contribution in [2.24, 2.45) is 0 Å². The lowest BCUT2D eigenvalue weighted by atomic mass is 10.1. The Bertz CT molecular complexity index is 1840. The van der Waals surface area contributed by atoms with Crippen LogP contribution in [0.25, 0.3) is 55.0 Å². The normalized spacial score (nSPS) is 11.9. The lowest BCUT2D eigenvalue weighted by Gasteiger charge is -2.10. The number of aryl methyl sites for hydroxylation is 4. The zero-order valence-corrected chi connectivity index (χ0v) is 21.1. The highest BCUT2D eigenvalue weighted by atomic mass is 15.0. The minimum atomic E-state index is 1.21. The molecule has 0 saturated carbocycles. The second-order valence-corrected chi connectivity index (χ2v) is 10.3. The molecule has 7 aromatic rings. The molecular weight excluding hydrogens is 436 g/mol. The topological polar surface area (TPSA) is 9.86 Å². The van der Waals surface area contributed by atoms with Crippen LogP contribution in [-0.2, 0) is 0 Å². The number of benzene rings is 5. The van der Waals surface area contributed by atoms with Gasteiger partial charge in [0.2, 0.25) is 0 Å². The molecule has 0 spiro atoms. The molecule has 0 fully saturated rings. The summed E-state index contributed by atoms with van der Waals surface area (Å²) in [5.74, 6) is 0. The molecule has 2 aromatic heterocycles. The van der Waals surface area contributed by atoms with Gasteiger partial charge in [-0.25, -0.2) is 0 Å². The van der Waals surface area contributed by atoms with E-state index in [4.69, 9.17) is 0 Å². The number of rotatable bonds is 2. The molecule has 0 amide bonds. The Morgan fingerprint density at radius 3 is 1.17 bits per heavy atom. The van der Waals surface area contributed by atoms with E-state index in [0.717, 1.165) is 0 Å². The van der Waals surface area contributed by atoms with Crippen molar-refractivity contribution in [2.75, 3.05) is 0 Å². The second kappa shape index (κ2) is 7.60. The molecule has 0 saturated heterocycles. The summed E-state index contributed by atoms with van der Waals surface area (Å²) in [4.78, 5) is 0. The molecule has 174 valence electrons. The fourth-order valence-electron chi connectivity index (χ4n) is 5.85. The third-order valence-corrected chi connectivity index (χ3v) is 7.48. The molecule has 2 heterocycles. The lowest BCUT2D eigenvalue weighted by Crippen LogP contribution is -1.95. The van der Waals surface area contributed by atoms with Gasteiger partial charge in [0.25, 0.3) is 0 Å². The van der Waals surface area contributed by atoms with Crippen LogP contribution in [0, 0.1) is 27.7 Å². The number of hydrogen-bond acceptors (Lipinski definition) is 0. The van der Waals surface area contributed by atoms with Gasteiger partial charge in [-0.2, -0.15) is 0 Å². The molecule has 0 aliphatic rings. The molecule has 5 aromatic carbocycles. The van der Waals surface area contributed by atoms with E-state index in [9.17, 15) is 0 Å². The molecule has 2 nitrogen and oxygen atoms in total. The quantitative estimate of drug-likeness (QED) is 0.241. The maximum absolute atomic E-state index is 2.43. The van der Waals surface area contributed by atoms with Crippen molar-refractivity contribution < 1.29 is 0 Å². The van der Waals surface area contributed by atoms with E-state index in [1.807, 2.05) is 0 Å². The summed E-state index contributed by atoms with van der Waals surface area (Å²) >= 11 is 0. The van der Waals surface area contributed by atoms with E-state index < -0.39 is 0 Å². The van der Waals surface area contributed by atoms with Gasteiger partial charge >= 0.3 is 0 Å². The van der Waals surface area contributed by atoms with E-state index in [2.05, 4.69) is 134 Å². The van der Waals surface area contributed by atoms with Crippen LogP contribution < -0.4 is 0 Å². The standard InChI is InChI=1S/C34H28N2/c1-21-7-5-9-25(15-21)35-31-13-11-23(3)17-27(31)29-20-34-30(19-33(29)35)28-18-24(4)12-14-32(28)36(34)26-10-6-8-22(2)16-26/h5-20H,1-4H3. The van der Waals surface area contributed by atoms with Crippen LogP contribution in [-0.4, -0.2) is 9.13 Å². The first-order chi connectivity index (χ1) is 17.5. The van der Waals surface area contributed by atoms with E-state index in [0.29, 0.717) is 0 Å². The second-order valence-electron chi connectivity index (χ2n) is 10.3. The van der Waals surface area contributed by atoms with Gasteiger partial charge in [-0.05, 0) is 99.5 Å². The summed E-state index contributed by atoms with van der Waals surface area (Å²) in [5, 5.41) is 5.17. The molecule has 0 radical (unpaired) electrons. The van der Waals surface area contributed by atoms with Crippen LogP contribution in [0.15, 0.2) is 97.1 Å². The predicted octanol–water partition coefficient (Wildman–Crippen LogP) is 9.11. The van der Waals surface area contributed by atoms with Gasteiger partial charge in [-0.3, -0.25) is 0 Å². The Balaban J connectivity index is 1.70. The largest absolute Gasteiger partial charge is 0.309 e. The molecule has 36 heavy (non-hydrogen) atoms. The monoisotopic (exact) mass is 464 g/mol. The van der Waals surface area contributed by atoms with Crippen LogP contribution in [0.4, 0.5) is 0 Å². The van der Waals surface area contributed by atoms with Gasteiger partial charge in [0.15, 0.2) is 0 Å². The zero-order chi connectivity index (χ0) is 24.6. The first kappa shape index (κ1) is 21.0. The Kier molecular flexibility index (Phi) is 4.44. The maximum Gasteiger partial charge on any atom is 0.0548 e. The van der Waals surface area contributed by atoms with Crippen molar-refractivity contribution in [3.8, 4) is 11.4 Å². The van der Waals surface area contributed by atoms with Gasteiger partial charge in [0.1, 0.15) is 0 Å². The number of hydrogen-bond donors (Lipinski definition) is 0. The molecule has 2 heteroatoms. The molecule has 0 bridgehead atoms. The summed E-state index contributed by atoms with van der Waals surface area (Å²) in [6, 6.07) is 36.1. The first-order valence-electron chi connectivity index (χ1n) is 12.6. The average molecular weight is 465 g/mol. The Morgan fingerprint density at radius 2 is 0.750 bits per heavy atom. The average Bonchev–Trinajstić information content (AvgIpc) is 3.34. The highest BCUT2D eigenvalue weighted by molar-refractivity contribution is 6.19. The summed E-state index contributed by atoms with van der Waals surface area (Å²) < 4.78 is 4.87. The van der Waals surface area contributed by atoms with Crippen LogP contribution in [0.5, 0.6) is 0 Å².